The summed E-state index contributed by atoms with van der Waals surface area (Å²) < 4.78 is 0. The number of carbonyl (C=O) groups is 2. The maximum atomic E-state index is 12.0. The van der Waals surface area contributed by atoms with E-state index in [2.05, 4.69) is 5.32 Å². The SMILES string of the molecule is Cc1cccc(C(=O)N[C@H]2CC[C@@H](C(=O)O)C2)c1. The van der Waals surface area contributed by atoms with Gasteiger partial charge in [-0.25, -0.2) is 0 Å². The minimum Gasteiger partial charge on any atom is -0.481 e. The lowest BCUT2D eigenvalue weighted by Crippen LogP contribution is -2.33. The van der Waals surface area contributed by atoms with Crippen LogP contribution in [0.3, 0.4) is 0 Å². The number of rotatable bonds is 3. The normalized spacial score (nSPS) is 22.7. The Morgan fingerprint density at radius 3 is 2.72 bits per heavy atom. The number of nitrogens with one attached hydrogen (secondary N) is 1. The van der Waals surface area contributed by atoms with Crippen LogP contribution in [0.5, 0.6) is 0 Å². The van der Waals surface area contributed by atoms with E-state index in [1.165, 1.54) is 0 Å². The van der Waals surface area contributed by atoms with Crippen molar-refractivity contribution in [3.8, 4) is 0 Å². The van der Waals surface area contributed by atoms with Crippen LogP contribution in [0.4, 0.5) is 0 Å². The minimum atomic E-state index is -0.762. The Hall–Kier alpha value is -1.84. The van der Waals surface area contributed by atoms with Crippen molar-refractivity contribution in [2.75, 3.05) is 0 Å². The summed E-state index contributed by atoms with van der Waals surface area (Å²) in [6.45, 7) is 1.94. The molecule has 0 bridgehead atoms. The lowest BCUT2D eigenvalue weighted by molar-refractivity contribution is -0.141. The molecule has 4 heteroatoms. The van der Waals surface area contributed by atoms with Crippen molar-refractivity contribution in [2.45, 2.75) is 32.2 Å². The second-order valence-electron chi connectivity index (χ2n) is 4.89. The van der Waals surface area contributed by atoms with Crippen LogP contribution in [0.2, 0.25) is 0 Å². The summed E-state index contributed by atoms with van der Waals surface area (Å²) >= 11 is 0. The highest BCUT2D eigenvalue weighted by Crippen LogP contribution is 2.25. The third-order valence-electron chi connectivity index (χ3n) is 3.40. The van der Waals surface area contributed by atoms with Crippen LogP contribution in [0.15, 0.2) is 24.3 Å². The van der Waals surface area contributed by atoms with Gasteiger partial charge in [0.2, 0.25) is 0 Å². The molecule has 0 aliphatic heterocycles. The Kier molecular flexibility index (Phi) is 3.65. The van der Waals surface area contributed by atoms with Crippen LogP contribution >= 0.6 is 0 Å². The molecule has 1 aliphatic rings. The third kappa shape index (κ3) is 2.88. The molecule has 0 spiro atoms. The van der Waals surface area contributed by atoms with Gasteiger partial charge in [-0.05, 0) is 38.3 Å². The average molecular weight is 247 g/mol. The second kappa shape index (κ2) is 5.21. The number of benzene rings is 1. The van der Waals surface area contributed by atoms with E-state index in [0.29, 0.717) is 18.4 Å². The van der Waals surface area contributed by atoms with E-state index in [1.807, 2.05) is 25.1 Å². The second-order valence-corrected chi connectivity index (χ2v) is 4.89. The van der Waals surface area contributed by atoms with Crippen molar-refractivity contribution in [3.63, 3.8) is 0 Å². The molecule has 2 atom stereocenters. The van der Waals surface area contributed by atoms with Crippen LogP contribution in [0.25, 0.3) is 0 Å². The molecule has 1 aromatic carbocycles. The van der Waals surface area contributed by atoms with Gasteiger partial charge >= 0.3 is 5.97 Å². The predicted octanol–water partition coefficient (Wildman–Crippen LogP) is 1.98. The number of aryl methyl sites for hydroxylation is 1. The van der Waals surface area contributed by atoms with Crippen molar-refractivity contribution in [2.24, 2.45) is 5.92 Å². The molecule has 96 valence electrons. The van der Waals surface area contributed by atoms with Gasteiger partial charge in [-0.15, -0.1) is 0 Å². The molecule has 1 aliphatic carbocycles. The monoisotopic (exact) mass is 247 g/mol. The summed E-state index contributed by atoms with van der Waals surface area (Å²) in [6.07, 6.45) is 1.93. The summed E-state index contributed by atoms with van der Waals surface area (Å²) in [5.41, 5.74) is 1.67. The molecule has 0 aromatic heterocycles. The van der Waals surface area contributed by atoms with Crippen LogP contribution in [0.1, 0.15) is 35.2 Å². The van der Waals surface area contributed by atoms with Gasteiger partial charge < -0.3 is 10.4 Å². The number of amides is 1. The van der Waals surface area contributed by atoms with Gasteiger partial charge in [0.25, 0.3) is 5.91 Å². The highest BCUT2D eigenvalue weighted by Gasteiger charge is 2.30. The van der Waals surface area contributed by atoms with Gasteiger partial charge in [0.15, 0.2) is 0 Å². The van der Waals surface area contributed by atoms with E-state index in [1.54, 1.807) is 6.07 Å². The van der Waals surface area contributed by atoms with Crippen LogP contribution in [-0.4, -0.2) is 23.0 Å². The molecule has 1 fully saturated rings. The largest absolute Gasteiger partial charge is 0.481 e. The molecule has 0 unspecified atom stereocenters. The minimum absolute atomic E-state index is 0.0147. The Labute approximate surface area is 106 Å². The quantitative estimate of drug-likeness (QED) is 0.858. The highest BCUT2D eigenvalue weighted by atomic mass is 16.4. The van der Waals surface area contributed by atoms with Crippen LogP contribution in [0, 0.1) is 12.8 Å². The Morgan fingerprint density at radius 1 is 1.33 bits per heavy atom. The fourth-order valence-electron chi connectivity index (χ4n) is 2.39. The van der Waals surface area contributed by atoms with Crippen molar-refractivity contribution >= 4 is 11.9 Å². The fourth-order valence-corrected chi connectivity index (χ4v) is 2.39. The molecule has 1 aromatic rings. The van der Waals surface area contributed by atoms with Crippen LogP contribution in [-0.2, 0) is 4.79 Å². The van der Waals surface area contributed by atoms with Gasteiger partial charge in [-0.3, -0.25) is 9.59 Å². The van der Waals surface area contributed by atoms with Gasteiger partial charge in [0, 0.05) is 11.6 Å². The summed E-state index contributed by atoms with van der Waals surface area (Å²) in [5.74, 6) is -1.19. The average Bonchev–Trinajstić information content (AvgIpc) is 2.77. The fraction of sp³-hybridized carbons (Fsp3) is 0.429. The number of carbonyl (C=O) groups excluding carboxylic acids is 1. The van der Waals surface area contributed by atoms with Crippen molar-refractivity contribution in [1.82, 2.24) is 5.32 Å². The first-order valence-electron chi connectivity index (χ1n) is 6.16. The first kappa shape index (κ1) is 12.6. The number of aliphatic carboxylic acids is 1. The zero-order valence-electron chi connectivity index (χ0n) is 10.3. The number of hydrogen-bond donors (Lipinski definition) is 2. The Morgan fingerprint density at radius 2 is 2.11 bits per heavy atom. The smallest absolute Gasteiger partial charge is 0.306 e. The van der Waals surface area contributed by atoms with E-state index < -0.39 is 5.97 Å². The van der Waals surface area contributed by atoms with E-state index in [-0.39, 0.29) is 17.9 Å². The summed E-state index contributed by atoms with van der Waals surface area (Å²) in [6, 6.07) is 7.37. The first-order chi connectivity index (χ1) is 8.56. The van der Waals surface area contributed by atoms with Crippen molar-refractivity contribution in [3.05, 3.63) is 35.4 Å². The van der Waals surface area contributed by atoms with E-state index in [4.69, 9.17) is 5.11 Å². The third-order valence-corrected chi connectivity index (χ3v) is 3.40. The standard InChI is InChI=1S/C14H17NO3/c1-9-3-2-4-10(7-9)13(16)15-12-6-5-11(8-12)14(17)18/h2-4,7,11-12H,5-6,8H2,1H3,(H,15,16)(H,17,18)/t11-,12+/m1/s1. The molecule has 1 saturated carbocycles. The van der Waals surface area contributed by atoms with Gasteiger partial charge in [0.1, 0.15) is 0 Å². The van der Waals surface area contributed by atoms with Crippen molar-refractivity contribution < 1.29 is 14.7 Å². The molecule has 0 heterocycles. The first-order valence-corrected chi connectivity index (χ1v) is 6.16. The highest BCUT2D eigenvalue weighted by molar-refractivity contribution is 5.94. The lowest BCUT2D eigenvalue weighted by atomic mass is 10.1. The molecular formula is C14H17NO3. The molecule has 0 radical (unpaired) electrons. The van der Waals surface area contributed by atoms with Gasteiger partial charge in [-0.1, -0.05) is 17.7 Å². The maximum Gasteiger partial charge on any atom is 0.306 e. The van der Waals surface area contributed by atoms with Crippen molar-refractivity contribution in [1.29, 1.82) is 0 Å². The lowest BCUT2D eigenvalue weighted by Gasteiger charge is -2.12. The van der Waals surface area contributed by atoms with E-state index >= 15 is 0 Å². The van der Waals surface area contributed by atoms with Gasteiger partial charge in [-0.2, -0.15) is 0 Å². The number of carboxylic acids is 1. The Balaban J connectivity index is 1.95. The molecule has 18 heavy (non-hydrogen) atoms. The number of carboxylic acid groups (broad SMARTS) is 1. The van der Waals surface area contributed by atoms with Crippen LogP contribution < -0.4 is 5.32 Å². The van der Waals surface area contributed by atoms with Gasteiger partial charge in [0.05, 0.1) is 5.92 Å². The van der Waals surface area contributed by atoms with E-state index in [9.17, 15) is 9.59 Å². The zero-order chi connectivity index (χ0) is 13.1. The van der Waals surface area contributed by atoms with E-state index in [0.717, 1.165) is 12.0 Å². The summed E-state index contributed by atoms with van der Waals surface area (Å²) in [4.78, 5) is 22.8. The molecule has 2 N–H and O–H groups in total. The molecule has 2 rings (SSSR count). The maximum absolute atomic E-state index is 12.0. The zero-order valence-corrected chi connectivity index (χ0v) is 10.3. The molecule has 0 saturated heterocycles. The Bertz CT molecular complexity index is 470. The molecule has 4 nitrogen and oxygen atoms in total. The number of hydrogen-bond acceptors (Lipinski definition) is 2. The summed E-state index contributed by atoms with van der Waals surface area (Å²) in [5, 5.41) is 11.8. The molecular weight excluding hydrogens is 230 g/mol. The molecule has 1 amide bonds. The summed E-state index contributed by atoms with van der Waals surface area (Å²) in [7, 11) is 0. The topological polar surface area (TPSA) is 66.4 Å². The predicted molar refractivity (Wildman–Crippen MR) is 67.4 cm³/mol.